The number of benzene rings is 1. The van der Waals surface area contributed by atoms with Crippen LogP contribution in [0.25, 0.3) is 11.0 Å². The van der Waals surface area contributed by atoms with Gasteiger partial charge in [0.1, 0.15) is 16.7 Å². The second-order valence-electron chi connectivity index (χ2n) is 4.21. The van der Waals surface area contributed by atoms with Gasteiger partial charge in [-0.25, -0.2) is 0 Å². The number of hydrogen-bond donors (Lipinski definition) is 1. The number of furan rings is 1. The molecule has 0 saturated carbocycles. The van der Waals surface area contributed by atoms with E-state index in [0.29, 0.717) is 28.0 Å². The Morgan fingerprint density at radius 2 is 1.90 bits per heavy atom. The second kappa shape index (κ2) is 5.66. The third-order valence-electron chi connectivity index (χ3n) is 2.83. The van der Waals surface area contributed by atoms with Gasteiger partial charge >= 0.3 is 0 Å². The van der Waals surface area contributed by atoms with Gasteiger partial charge in [0.25, 0.3) is 0 Å². The number of rotatable bonds is 5. The highest BCUT2D eigenvalue weighted by Crippen LogP contribution is 2.46. The number of methoxy groups -OCH3 is 2. The molecule has 6 heteroatoms. The molecule has 1 atom stereocenters. The number of carbonyl (C=O) groups excluding carboxylic acids is 1. The standard InChI is InChI=1S/C14H16O5S/c1-7(15)10-11(16-3)9-5-6-18-12(9)14(17-4)13(10)19-8(2)20/h5-6,8,20H,1-4H3. The Labute approximate surface area is 122 Å². The van der Waals surface area contributed by atoms with Crippen molar-refractivity contribution in [2.45, 2.75) is 19.3 Å². The number of fused-ring (bicyclic) bond motifs is 1. The van der Waals surface area contributed by atoms with Gasteiger partial charge in [-0.05, 0) is 19.9 Å². The van der Waals surface area contributed by atoms with Crippen molar-refractivity contribution in [1.82, 2.24) is 0 Å². The lowest BCUT2D eigenvalue weighted by Gasteiger charge is -2.18. The maximum absolute atomic E-state index is 12.0. The molecule has 1 heterocycles. The van der Waals surface area contributed by atoms with Crippen LogP contribution in [0.5, 0.6) is 17.2 Å². The molecule has 2 aromatic rings. The minimum absolute atomic E-state index is 0.188. The summed E-state index contributed by atoms with van der Waals surface area (Å²) in [6.07, 6.45) is 1.51. The normalized spacial score (nSPS) is 12.2. The van der Waals surface area contributed by atoms with Crippen LogP contribution in [0.3, 0.4) is 0 Å². The molecule has 0 aliphatic rings. The van der Waals surface area contributed by atoms with Gasteiger partial charge in [-0.15, -0.1) is 12.6 Å². The van der Waals surface area contributed by atoms with Crippen molar-refractivity contribution in [2.24, 2.45) is 0 Å². The van der Waals surface area contributed by atoms with Crippen LogP contribution in [0.15, 0.2) is 16.7 Å². The van der Waals surface area contributed by atoms with Gasteiger partial charge in [0.15, 0.2) is 17.1 Å². The van der Waals surface area contributed by atoms with E-state index in [1.54, 1.807) is 13.0 Å². The topological polar surface area (TPSA) is 57.9 Å². The van der Waals surface area contributed by atoms with Crippen molar-refractivity contribution in [2.75, 3.05) is 14.2 Å². The molecule has 0 bridgehead atoms. The predicted octanol–water partition coefficient (Wildman–Crippen LogP) is 3.31. The molecule has 5 nitrogen and oxygen atoms in total. The molecule has 0 fully saturated rings. The predicted molar refractivity (Wildman–Crippen MR) is 78.4 cm³/mol. The quantitative estimate of drug-likeness (QED) is 0.521. The first-order valence-corrected chi connectivity index (χ1v) is 6.53. The van der Waals surface area contributed by atoms with Gasteiger partial charge < -0.3 is 18.6 Å². The first kappa shape index (κ1) is 14.6. The van der Waals surface area contributed by atoms with E-state index in [4.69, 9.17) is 18.6 Å². The van der Waals surface area contributed by atoms with Gasteiger partial charge in [0.05, 0.1) is 25.9 Å². The van der Waals surface area contributed by atoms with E-state index in [9.17, 15) is 4.79 Å². The highest BCUT2D eigenvalue weighted by molar-refractivity contribution is 7.80. The Morgan fingerprint density at radius 1 is 1.25 bits per heavy atom. The van der Waals surface area contributed by atoms with Crippen LogP contribution < -0.4 is 14.2 Å². The zero-order valence-electron chi connectivity index (χ0n) is 11.7. The third kappa shape index (κ3) is 2.31. The fraction of sp³-hybridized carbons (Fsp3) is 0.357. The Balaban J connectivity index is 2.89. The molecule has 1 unspecified atom stereocenters. The summed E-state index contributed by atoms with van der Waals surface area (Å²) >= 11 is 4.19. The van der Waals surface area contributed by atoms with E-state index in [0.717, 1.165) is 0 Å². The van der Waals surface area contributed by atoms with Crippen molar-refractivity contribution in [3.63, 3.8) is 0 Å². The highest BCUT2D eigenvalue weighted by atomic mass is 32.1. The summed E-state index contributed by atoms with van der Waals surface area (Å²) in [6.45, 7) is 3.19. The molecule has 0 aliphatic carbocycles. The van der Waals surface area contributed by atoms with Crippen LogP contribution in [-0.4, -0.2) is 25.4 Å². The van der Waals surface area contributed by atoms with E-state index in [1.165, 1.54) is 27.4 Å². The molecule has 1 aromatic heterocycles. The number of Topliss-reactive ketones (excluding diaryl/α,β-unsaturated/α-hetero) is 1. The van der Waals surface area contributed by atoms with Gasteiger partial charge in [-0.2, -0.15) is 0 Å². The monoisotopic (exact) mass is 296 g/mol. The summed E-state index contributed by atoms with van der Waals surface area (Å²) in [7, 11) is 2.98. The Kier molecular flexibility index (Phi) is 4.13. The lowest BCUT2D eigenvalue weighted by Crippen LogP contribution is -2.10. The Hall–Kier alpha value is -1.82. The smallest absolute Gasteiger partial charge is 0.205 e. The van der Waals surface area contributed by atoms with Crippen molar-refractivity contribution in [3.8, 4) is 17.2 Å². The molecule has 108 valence electrons. The number of thiol groups is 1. The molecule has 0 amide bonds. The second-order valence-corrected chi connectivity index (χ2v) is 4.93. The van der Waals surface area contributed by atoms with Gasteiger partial charge in [-0.3, -0.25) is 4.79 Å². The van der Waals surface area contributed by atoms with Gasteiger partial charge in [-0.1, -0.05) is 0 Å². The van der Waals surface area contributed by atoms with E-state index >= 15 is 0 Å². The minimum atomic E-state index is -0.417. The first-order chi connectivity index (χ1) is 9.51. The van der Waals surface area contributed by atoms with Crippen LogP contribution >= 0.6 is 12.6 Å². The summed E-state index contributed by atoms with van der Waals surface area (Å²) in [4.78, 5) is 12.0. The largest absolute Gasteiger partial charge is 0.495 e. The average molecular weight is 296 g/mol. The summed E-state index contributed by atoms with van der Waals surface area (Å²) in [5, 5.41) is 0.661. The zero-order valence-corrected chi connectivity index (χ0v) is 12.6. The van der Waals surface area contributed by atoms with Gasteiger partial charge in [0, 0.05) is 0 Å². The SMILES string of the molecule is COc1c(C(C)=O)c(OC(C)S)c(OC)c2occc12. The van der Waals surface area contributed by atoms with Crippen LogP contribution in [-0.2, 0) is 0 Å². The summed E-state index contributed by atoms with van der Waals surface area (Å²) in [6, 6.07) is 1.72. The molecular formula is C14H16O5S. The van der Waals surface area contributed by atoms with Crippen molar-refractivity contribution in [1.29, 1.82) is 0 Å². The Bertz CT molecular complexity index is 645. The molecule has 20 heavy (non-hydrogen) atoms. The summed E-state index contributed by atoms with van der Waals surface area (Å²) in [5.74, 6) is 0.858. The maximum Gasteiger partial charge on any atom is 0.205 e. The fourth-order valence-electron chi connectivity index (χ4n) is 2.12. The highest BCUT2D eigenvalue weighted by Gasteiger charge is 2.27. The van der Waals surface area contributed by atoms with Crippen molar-refractivity contribution < 1.29 is 23.4 Å². The van der Waals surface area contributed by atoms with Crippen LogP contribution in [0.1, 0.15) is 24.2 Å². The van der Waals surface area contributed by atoms with E-state index in [2.05, 4.69) is 12.6 Å². The summed E-state index contributed by atoms with van der Waals surface area (Å²) in [5.41, 5.74) is 0.372. The van der Waals surface area contributed by atoms with E-state index in [-0.39, 0.29) is 11.5 Å². The van der Waals surface area contributed by atoms with Crippen LogP contribution in [0.2, 0.25) is 0 Å². The number of hydrogen-bond acceptors (Lipinski definition) is 6. The average Bonchev–Trinajstić information content (AvgIpc) is 2.84. The zero-order chi connectivity index (χ0) is 14.9. The third-order valence-corrected chi connectivity index (χ3v) is 2.93. The fourth-order valence-corrected chi connectivity index (χ4v) is 2.22. The molecule has 0 N–H and O–H groups in total. The molecule has 0 aliphatic heterocycles. The van der Waals surface area contributed by atoms with Crippen molar-refractivity contribution in [3.05, 3.63) is 17.9 Å². The first-order valence-electron chi connectivity index (χ1n) is 6.02. The lowest BCUT2D eigenvalue weighted by atomic mass is 10.0. The molecule has 0 spiro atoms. The number of ether oxygens (including phenoxy) is 3. The number of ketones is 1. The van der Waals surface area contributed by atoms with Crippen LogP contribution in [0, 0.1) is 0 Å². The van der Waals surface area contributed by atoms with E-state index < -0.39 is 5.44 Å². The maximum atomic E-state index is 12.0. The number of carbonyl (C=O) groups is 1. The Morgan fingerprint density at radius 3 is 2.40 bits per heavy atom. The molecule has 2 rings (SSSR count). The summed E-state index contributed by atoms with van der Waals surface area (Å²) < 4.78 is 21.8. The molecule has 0 radical (unpaired) electrons. The molecule has 0 saturated heterocycles. The minimum Gasteiger partial charge on any atom is -0.495 e. The van der Waals surface area contributed by atoms with E-state index in [1.807, 2.05) is 0 Å². The lowest BCUT2D eigenvalue weighted by molar-refractivity contribution is 0.101. The van der Waals surface area contributed by atoms with Gasteiger partial charge in [0.2, 0.25) is 5.75 Å². The van der Waals surface area contributed by atoms with Crippen LogP contribution in [0.4, 0.5) is 0 Å². The van der Waals surface area contributed by atoms with Crippen molar-refractivity contribution >= 4 is 29.4 Å². The molecule has 1 aromatic carbocycles. The molecular weight excluding hydrogens is 280 g/mol.